The molecule has 0 unspecified atom stereocenters. The van der Waals surface area contributed by atoms with E-state index in [1.165, 1.54) is 83.1 Å². The SMILES string of the molecule is CC1=C(/C=C/C(C)=C/C=C/C(C)=C/C=C/C=C(C)/C=C/C=C(C)/C=C/c2ccc(COC(=O)CN3CCOCCN(CC(=O)OCc4ccc(/C=C/C(C)=C/C=C/C(C)=C/C=C/C=C(C)/C=C/C=C(C)/C=C/C5=C(C)CCCC5(C)C)cc4)CCOCC3)cc2)C(C)(C)CCC1. The molecule has 0 radical (unpaired) electrons. The summed E-state index contributed by atoms with van der Waals surface area (Å²) in [6.45, 7) is 35.5. The van der Waals surface area contributed by atoms with Gasteiger partial charge in [0.15, 0.2) is 0 Å². The molecule has 5 rings (SSSR count). The molecule has 0 amide bonds. The number of benzene rings is 2. The molecule has 8 nitrogen and oxygen atoms in total. The number of hydrogen-bond donors (Lipinski definition) is 0. The van der Waals surface area contributed by atoms with Gasteiger partial charge in [-0.05, 0) is 152 Å². The molecule has 2 aromatic carbocycles. The third-order valence-electron chi connectivity index (χ3n) is 17.4. The molecule has 0 bridgehead atoms. The van der Waals surface area contributed by atoms with Crippen LogP contribution in [0.3, 0.4) is 0 Å². The van der Waals surface area contributed by atoms with E-state index in [-0.39, 0.29) is 49.1 Å². The van der Waals surface area contributed by atoms with Crippen LogP contribution in [0.2, 0.25) is 0 Å². The number of nitrogens with zero attached hydrogens (tertiary/aromatic N) is 2. The van der Waals surface area contributed by atoms with E-state index in [2.05, 4.69) is 267 Å². The van der Waals surface area contributed by atoms with Crippen LogP contribution in [0.5, 0.6) is 0 Å². The number of hydrogen-bond acceptors (Lipinski definition) is 8. The molecular weight excluding hydrogens is 1180 g/mol. The van der Waals surface area contributed by atoms with Crippen molar-refractivity contribution in [3.8, 4) is 0 Å². The molecule has 1 aliphatic heterocycles. The molecule has 2 aliphatic carbocycles. The summed E-state index contributed by atoms with van der Waals surface area (Å²) < 4.78 is 23.3. The van der Waals surface area contributed by atoms with Crippen LogP contribution < -0.4 is 0 Å². The fourth-order valence-electron chi connectivity index (χ4n) is 11.3. The van der Waals surface area contributed by atoms with Crippen molar-refractivity contribution in [2.75, 3.05) is 65.7 Å². The van der Waals surface area contributed by atoms with Crippen molar-refractivity contribution >= 4 is 24.1 Å². The first-order chi connectivity index (χ1) is 46.0. The van der Waals surface area contributed by atoms with Crippen molar-refractivity contribution < 1.29 is 28.5 Å². The number of rotatable bonds is 28. The van der Waals surface area contributed by atoms with Gasteiger partial charge >= 0.3 is 11.9 Å². The molecule has 96 heavy (non-hydrogen) atoms. The van der Waals surface area contributed by atoms with Crippen LogP contribution in [0.25, 0.3) is 12.2 Å². The zero-order chi connectivity index (χ0) is 69.6. The van der Waals surface area contributed by atoms with Gasteiger partial charge in [-0.25, -0.2) is 0 Å². The van der Waals surface area contributed by atoms with Gasteiger partial charge in [0.05, 0.1) is 39.5 Å². The Morgan fingerprint density at radius 1 is 0.396 bits per heavy atom. The third kappa shape index (κ3) is 32.6. The molecule has 0 saturated carbocycles. The summed E-state index contributed by atoms with van der Waals surface area (Å²) in [6.07, 6.45) is 67.2. The molecule has 8 heteroatoms. The topological polar surface area (TPSA) is 77.5 Å². The van der Waals surface area contributed by atoms with Crippen LogP contribution in [0, 0.1) is 10.8 Å². The van der Waals surface area contributed by atoms with Crippen molar-refractivity contribution in [3.05, 3.63) is 296 Å². The maximum Gasteiger partial charge on any atom is 0.320 e. The number of carbonyl (C=O) groups is 2. The van der Waals surface area contributed by atoms with E-state index in [4.69, 9.17) is 18.9 Å². The molecular formula is C88H114N2O6. The van der Waals surface area contributed by atoms with Gasteiger partial charge in [-0.2, -0.15) is 0 Å². The van der Waals surface area contributed by atoms with Gasteiger partial charge in [0.25, 0.3) is 0 Å². The lowest BCUT2D eigenvalue weighted by molar-refractivity contribution is -0.147. The normalized spacial score (nSPS) is 19.2. The summed E-state index contributed by atoms with van der Waals surface area (Å²) >= 11 is 0. The number of ether oxygens (including phenoxy) is 4. The van der Waals surface area contributed by atoms with Gasteiger partial charge in [0.1, 0.15) is 13.2 Å². The zero-order valence-corrected chi connectivity index (χ0v) is 60.9. The molecule has 0 spiro atoms. The number of allylic oxidation sites excluding steroid dienone is 38. The molecule has 1 fully saturated rings. The Bertz CT molecular complexity index is 3250. The second-order valence-electron chi connectivity index (χ2n) is 27.3. The lowest BCUT2D eigenvalue weighted by Gasteiger charge is -2.33. The van der Waals surface area contributed by atoms with Crippen molar-refractivity contribution in [1.82, 2.24) is 9.80 Å². The van der Waals surface area contributed by atoms with Gasteiger partial charge in [0.2, 0.25) is 0 Å². The summed E-state index contributed by atoms with van der Waals surface area (Å²) in [7, 11) is 0. The Hall–Kier alpha value is -7.98. The van der Waals surface area contributed by atoms with Gasteiger partial charge < -0.3 is 18.9 Å². The maximum absolute atomic E-state index is 13.0. The minimum atomic E-state index is -0.299. The van der Waals surface area contributed by atoms with Crippen molar-refractivity contribution in [2.45, 2.75) is 149 Å². The van der Waals surface area contributed by atoms with E-state index in [0.717, 1.165) is 44.5 Å². The summed E-state index contributed by atoms with van der Waals surface area (Å²) in [5, 5.41) is 0. The van der Waals surface area contributed by atoms with Crippen LogP contribution in [-0.2, 0) is 41.8 Å². The number of carbonyl (C=O) groups excluding carboxylic acids is 2. The first-order valence-electron chi connectivity index (χ1n) is 34.7. The molecule has 2 aromatic rings. The van der Waals surface area contributed by atoms with Gasteiger partial charge in [-0.1, -0.05) is 302 Å². The first-order valence-corrected chi connectivity index (χ1v) is 34.7. The highest BCUT2D eigenvalue weighted by molar-refractivity contribution is 5.72. The molecule has 1 heterocycles. The highest BCUT2D eigenvalue weighted by Crippen LogP contribution is 2.42. The standard InChI is InChI=1S/C88H114N2O6/c1-69(25-15-17-27-71(3)31-21-35-75(7)41-53-83-77(9)37-23-55-87(83,11)12)29-19-33-73(5)39-43-79-45-49-81(50-46-79)67-95-85(91)65-89-57-61-93-63-59-90(60-64-94-62-58-89)66-86(92)96-68-82-51-47-80(48-52-82)44-40-74(6)34-20-30-70(2)26-16-18-28-72(4)32-22-36-76(8)42-54-84-78(10)38-24-56-88(84,13)14/h15-22,25-36,39-54H,23-24,37-38,55-68H2,1-14H3/b17-15+,18-16+,29-19+,30-20+,31-21+,32-22+,43-39+,44-40+,53-41+,54-42+,69-25+,70-26+,71-27+,72-28+,73-33+,74-34+,75-35+,76-36+. The van der Waals surface area contributed by atoms with Gasteiger partial charge in [0, 0.05) is 26.2 Å². The van der Waals surface area contributed by atoms with E-state index in [0.29, 0.717) is 52.6 Å². The van der Waals surface area contributed by atoms with Crippen LogP contribution in [0.15, 0.2) is 273 Å². The van der Waals surface area contributed by atoms with Crippen LogP contribution in [-0.4, -0.2) is 87.4 Å². The molecule has 0 N–H and O–H groups in total. The third-order valence-corrected chi connectivity index (χ3v) is 17.4. The van der Waals surface area contributed by atoms with Crippen LogP contribution in [0.4, 0.5) is 0 Å². The Labute approximate surface area is 580 Å². The summed E-state index contributed by atoms with van der Waals surface area (Å²) in [5.41, 5.74) is 20.0. The fourth-order valence-corrected chi connectivity index (χ4v) is 11.3. The minimum absolute atomic E-state index is 0.139. The largest absolute Gasteiger partial charge is 0.460 e. The summed E-state index contributed by atoms with van der Waals surface area (Å²) in [5.74, 6) is -0.599. The van der Waals surface area contributed by atoms with Crippen LogP contribution >= 0.6 is 0 Å². The fraction of sp³-hybridized carbons (Fsp3) is 0.386. The summed E-state index contributed by atoms with van der Waals surface area (Å²) in [6, 6.07) is 16.1. The van der Waals surface area contributed by atoms with E-state index in [9.17, 15) is 9.59 Å². The second kappa shape index (κ2) is 43.2. The molecule has 3 aliphatic rings. The predicted octanol–water partition coefficient (Wildman–Crippen LogP) is 21.2. The zero-order valence-electron chi connectivity index (χ0n) is 60.9. The predicted molar refractivity (Wildman–Crippen MR) is 409 cm³/mol. The Morgan fingerprint density at radius 3 is 0.958 bits per heavy atom. The lowest BCUT2D eigenvalue weighted by atomic mass is 9.72. The van der Waals surface area contributed by atoms with Crippen molar-refractivity contribution in [1.29, 1.82) is 0 Å². The van der Waals surface area contributed by atoms with Gasteiger partial charge in [-0.3, -0.25) is 19.4 Å². The van der Waals surface area contributed by atoms with Crippen molar-refractivity contribution in [3.63, 3.8) is 0 Å². The average Bonchev–Trinajstić information content (AvgIpc) is 0.841. The molecule has 512 valence electrons. The Kier molecular flexibility index (Phi) is 35.5. The smallest absolute Gasteiger partial charge is 0.320 e. The van der Waals surface area contributed by atoms with Gasteiger partial charge in [-0.15, -0.1) is 0 Å². The quantitative estimate of drug-likeness (QED) is 0.0616. The van der Waals surface area contributed by atoms with Crippen molar-refractivity contribution in [2.24, 2.45) is 10.8 Å². The molecule has 0 atom stereocenters. The monoisotopic (exact) mass is 1290 g/mol. The van der Waals surface area contributed by atoms with E-state index < -0.39 is 0 Å². The molecule has 1 saturated heterocycles. The average molecular weight is 1300 g/mol. The first kappa shape index (κ1) is 78.7. The summed E-state index contributed by atoms with van der Waals surface area (Å²) in [4.78, 5) is 30.0. The second-order valence-corrected chi connectivity index (χ2v) is 27.3. The van der Waals surface area contributed by atoms with Crippen LogP contribution in [0.1, 0.15) is 158 Å². The lowest BCUT2D eigenvalue weighted by Crippen LogP contribution is -2.40. The van der Waals surface area contributed by atoms with E-state index in [1.807, 2.05) is 58.3 Å². The Morgan fingerprint density at radius 2 is 0.667 bits per heavy atom. The Balaban J connectivity index is 0.928. The van der Waals surface area contributed by atoms with E-state index in [1.54, 1.807) is 0 Å². The highest BCUT2D eigenvalue weighted by Gasteiger charge is 2.27. The molecule has 0 aromatic heterocycles. The minimum Gasteiger partial charge on any atom is -0.460 e. The van der Waals surface area contributed by atoms with E-state index >= 15 is 0 Å². The maximum atomic E-state index is 13.0. The number of esters is 2. The highest BCUT2D eigenvalue weighted by atomic mass is 16.5.